The normalized spacial score (nSPS) is 15.7. The van der Waals surface area contributed by atoms with Gasteiger partial charge >= 0.3 is 0 Å². The van der Waals surface area contributed by atoms with Gasteiger partial charge in [-0.25, -0.2) is 0 Å². The third kappa shape index (κ3) is 3.16. The Hall–Kier alpha value is -2.90. The molecule has 5 rings (SSSR count). The zero-order chi connectivity index (χ0) is 19.8. The summed E-state index contributed by atoms with van der Waals surface area (Å²) in [6.07, 6.45) is 3.56. The lowest BCUT2D eigenvalue weighted by molar-refractivity contribution is 0.164. The minimum absolute atomic E-state index is 0.125. The molecular weight excluding hydrogens is 386 g/mol. The molecule has 0 amide bonds. The van der Waals surface area contributed by atoms with E-state index in [1.165, 1.54) is 0 Å². The van der Waals surface area contributed by atoms with Gasteiger partial charge in [0.05, 0.1) is 22.0 Å². The van der Waals surface area contributed by atoms with Gasteiger partial charge in [-0.1, -0.05) is 42.5 Å². The van der Waals surface area contributed by atoms with Crippen molar-refractivity contribution in [1.82, 2.24) is 14.5 Å². The van der Waals surface area contributed by atoms with Gasteiger partial charge in [-0.2, -0.15) is 17.6 Å². The van der Waals surface area contributed by atoms with E-state index >= 15 is 0 Å². The molecule has 3 aromatic carbocycles. The smallest absolute Gasteiger partial charge is 0.284 e. The number of hydrogen-bond donors (Lipinski definition) is 1. The second kappa shape index (κ2) is 7.17. The number of ether oxygens (including phenoxy) is 1. The molecule has 0 atom stereocenters. The summed E-state index contributed by atoms with van der Waals surface area (Å²) < 4.78 is 34.2. The molecule has 0 radical (unpaired) electrons. The number of aromatic nitrogens is 2. The fourth-order valence-corrected chi connectivity index (χ4v) is 5.39. The fourth-order valence-electron chi connectivity index (χ4n) is 3.90. The predicted octanol–water partition coefficient (Wildman–Crippen LogP) is 3.56. The lowest BCUT2D eigenvalue weighted by Gasteiger charge is -2.24. The maximum atomic E-state index is 13.5. The van der Waals surface area contributed by atoms with Crippen molar-refractivity contribution in [3.8, 4) is 5.75 Å². The van der Waals surface area contributed by atoms with E-state index in [2.05, 4.69) is 10.4 Å². The van der Waals surface area contributed by atoms with Crippen LogP contribution in [0.1, 0.15) is 12.8 Å². The van der Waals surface area contributed by atoms with Crippen molar-refractivity contribution in [3.63, 3.8) is 0 Å². The van der Waals surface area contributed by atoms with Crippen LogP contribution >= 0.6 is 0 Å². The highest BCUT2D eigenvalue weighted by atomic mass is 32.2. The van der Waals surface area contributed by atoms with Crippen LogP contribution in [0, 0.1) is 0 Å². The van der Waals surface area contributed by atoms with Crippen LogP contribution < -0.4 is 10.1 Å². The first kappa shape index (κ1) is 18.1. The van der Waals surface area contributed by atoms with E-state index < -0.39 is 10.0 Å². The molecule has 1 aliphatic rings. The van der Waals surface area contributed by atoms with Gasteiger partial charge in [-0.15, -0.1) is 0 Å². The van der Waals surface area contributed by atoms with Crippen LogP contribution in [0.4, 0.5) is 0 Å². The molecule has 0 saturated carbocycles. The molecular formula is C22H21N3O3S. The zero-order valence-electron chi connectivity index (χ0n) is 15.8. The number of nitrogens with one attached hydrogen (secondary N) is 1. The number of hydrogen-bond acceptors (Lipinski definition) is 5. The molecule has 0 aliphatic carbocycles. The summed E-state index contributed by atoms with van der Waals surface area (Å²) in [7, 11) is -3.86. The molecule has 4 aromatic rings. The SMILES string of the molecule is O=S(=O)(c1cccc2ccccc12)n1ncc2c(OC3CCNCC3)cccc21. The molecule has 7 heteroatoms. The van der Waals surface area contributed by atoms with Gasteiger partial charge in [0.25, 0.3) is 10.0 Å². The minimum Gasteiger partial charge on any atom is -0.490 e. The Morgan fingerprint density at radius 1 is 0.931 bits per heavy atom. The van der Waals surface area contributed by atoms with Crippen molar-refractivity contribution < 1.29 is 13.2 Å². The van der Waals surface area contributed by atoms with Crippen molar-refractivity contribution in [2.45, 2.75) is 23.8 Å². The molecule has 1 fully saturated rings. The van der Waals surface area contributed by atoms with Crippen LogP contribution in [0.3, 0.4) is 0 Å². The number of benzene rings is 3. The molecule has 6 nitrogen and oxygen atoms in total. The summed E-state index contributed by atoms with van der Waals surface area (Å²) in [6.45, 7) is 1.85. The van der Waals surface area contributed by atoms with Gasteiger partial charge in [0.2, 0.25) is 0 Å². The number of piperidine rings is 1. The van der Waals surface area contributed by atoms with Gasteiger partial charge in [0, 0.05) is 5.39 Å². The van der Waals surface area contributed by atoms with E-state index in [9.17, 15) is 8.42 Å². The Morgan fingerprint density at radius 3 is 2.55 bits per heavy atom. The van der Waals surface area contributed by atoms with Crippen molar-refractivity contribution in [1.29, 1.82) is 0 Å². The lowest BCUT2D eigenvalue weighted by Crippen LogP contribution is -2.34. The highest BCUT2D eigenvalue weighted by Crippen LogP contribution is 2.31. The first-order chi connectivity index (χ1) is 14.1. The maximum absolute atomic E-state index is 13.5. The minimum atomic E-state index is -3.86. The first-order valence-electron chi connectivity index (χ1n) is 9.72. The van der Waals surface area contributed by atoms with Crippen molar-refractivity contribution >= 4 is 31.7 Å². The number of fused-ring (bicyclic) bond motifs is 2. The van der Waals surface area contributed by atoms with Crippen LogP contribution in [0.15, 0.2) is 71.8 Å². The summed E-state index contributed by atoms with van der Waals surface area (Å²) in [5.41, 5.74) is 0.518. The Morgan fingerprint density at radius 2 is 1.69 bits per heavy atom. The Labute approximate surface area is 169 Å². The van der Waals surface area contributed by atoms with Crippen molar-refractivity contribution in [2.75, 3.05) is 13.1 Å². The summed E-state index contributed by atoms with van der Waals surface area (Å²) in [5.74, 6) is 0.675. The average molecular weight is 407 g/mol. The average Bonchev–Trinajstić information content (AvgIpc) is 3.20. The lowest BCUT2D eigenvalue weighted by atomic mass is 10.1. The largest absolute Gasteiger partial charge is 0.490 e. The highest BCUT2D eigenvalue weighted by molar-refractivity contribution is 7.90. The van der Waals surface area contributed by atoms with Gasteiger partial charge in [0.1, 0.15) is 11.9 Å². The van der Waals surface area contributed by atoms with Gasteiger partial charge in [-0.3, -0.25) is 0 Å². The van der Waals surface area contributed by atoms with E-state index in [0.717, 1.165) is 35.4 Å². The molecule has 1 saturated heterocycles. The van der Waals surface area contributed by atoms with Gasteiger partial charge in [0.15, 0.2) is 0 Å². The predicted molar refractivity (Wildman–Crippen MR) is 113 cm³/mol. The quantitative estimate of drug-likeness (QED) is 0.560. The highest BCUT2D eigenvalue weighted by Gasteiger charge is 2.24. The van der Waals surface area contributed by atoms with E-state index in [1.54, 1.807) is 24.4 Å². The molecule has 29 heavy (non-hydrogen) atoms. The van der Waals surface area contributed by atoms with E-state index in [-0.39, 0.29) is 11.0 Å². The molecule has 1 aromatic heterocycles. The van der Waals surface area contributed by atoms with E-state index in [0.29, 0.717) is 22.0 Å². The maximum Gasteiger partial charge on any atom is 0.284 e. The first-order valence-corrected chi connectivity index (χ1v) is 11.2. The third-order valence-corrected chi connectivity index (χ3v) is 7.03. The molecule has 0 spiro atoms. The Bertz CT molecular complexity index is 1290. The van der Waals surface area contributed by atoms with E-state index in [1.807, 2.05) is 42.5 Å². The summed E-state index contributed by atoms with van der Waals surface area (Å²) in [6, 6.07) is 18.2. The molecule has 1 aliphatic heterocycles. The van der Waals surface area contributed by atoms with Crippen LogP contribution in [0.2, 0.25) is 0 Å². The molecule has 0 unspecified atom stereocenters. The van der Waals surface area contributed by atoms with Crippen LogP contribution in [-0.2, 0) is 10.0 Å². The monoisotopic (exact) mass is 407 g/mol. The second-order valence-electron chi connectivity index (χ2n) is 7.23. The summed E-state index contributed by atoms with van der Waals surface area (Å²) in [5, 5.41) is 9.82. The van der Waals surface area contributed by atoms with Crippen molar-refractivity contribution in [2.24, 2.45) is 0 Å². The van der Waals surface area contributed by atoms with Crippen molar-refractivity contribution in [3.05, 3.63) is 66.9 Å². The molecule has 2 heterocycles. The topological polar surface area (TPSA) is 73.2 Å². The second-order valence-corrected chi connectivity index (χ2v) is 8.96. The van der Waals surface area contributed by atoms with Gasteiger partial charge in [-0.05, 0) is 49.5 Å². The molecule has 1 N–H and O–H groups in total. The van der Waals surface area contributed by atoms with Crippen LogP contribution in [0.5, 0.6) is 5.75 Å². The van der Waals surface area contributed by atoms with Gasteiger partial charge < -0.3 is 10.1 Å². The standard InChI is InChI=1S/C22H21N3O3S/c26-29(27,22-10-3-6-16-5-1-2-7-18(16)22)25-20-8-4-9-21(19(20)15-24-25)28-17-11-13-23-14-12-17/h1-10,15,17,23H,11-14H2. The fraction of sp³-hybridized carbons (Fsp3) is 0.227. The zero-order valence-corrected chi connectivity index (χ0v) is 16.6. The summed E-state index contributed by atoms with van der Waals surface area (Å²) >= 11 is 0. The van der Waals surface area contributed by atoms with E-state index in [4.69, 9.17) is 4.74 Å². The van der Waals surface area contributed by atoms with Crippen LogP contribution in [0.25, 0.3) is 21.7 Å². The summed E-state index contributed by atoms with van der Waals surface area (Å²) in [4.78, 5) is 0.241. The Kier molecular flexibility index (Phi) is 4.49. The number of nitrogens with zero attached hydrogens (tertiary/aromatic N) is 2. The number of rotatable bonds is 4. The third-order valence-electron chi connectivity index (χ3n) is 5.38. The van der Waals surface area contributed by atoms with Crippen LogP contribution in [-0.4, -0.2) is 36.8 Å². The Balaban J connectivity index is 1.60. The molecule has 148 valence electrons. The molecule has 0 bridgehead atoms.